The zero-order valence-corrected chi connectivity index (χ0v) is 38.1. The zero-order chi connectivity index (χ0) is 44.5. The van der Waals surface area contributed by atoms with E-state index in [-0.39, 0.29) is 28.4 Å². The molecule has 10 rings (SSSR count). The average Bonchev–Trinajstić information content (AvgIpc) is 3.75. The molecule has 1 aliphatic carbocycles. The summed E-state index contributed by atoms with van der Waals surface area (Å²) in [6, 6.07) is 58.5. The van der Waals surface area contributed by atoms with E-state index in [1.54, 1.807) is 6.07 Å². The largest absolute Gasteiger partial charge is 0.507 e. The number of imidazole rings is 1. The number of aromatic hydroxyl groups is 1. The summed E-state index contributed by atoms with van der Waals surface area (Å²) >= 11 is 0. The minimum Gasteiger partial charge on any atom is -0.507 e. The van der Waals surface area contributed by atoms with E-state index in [2.05, 4.69) is 218 Å². The van der Waals surface area contributed by atoms with Crippen LogP contribution in [0.2, 0.25) is 0 Å². The van der Waals surface area contributed by atoms with Gasteiger partial charge in [0.1, 0.15) is 17.3 Å². The first-order valence-corrected chi connectivity index (χ1v) is 22.7. The summed E-state index contributed by atoms with van der Waals surface area (Å²) in [7, 11) is 0. The lowest BCUT2D eigenvalue weighted by atomic mass is 9.56. The number of nitrogens with zero attached hydrogens (tertiary/aromatic N) is 3. The molecule has 0 atom stereocenters. The molecule has 0 unspecified atom stereocenters. The Morgan fingerprint density at radius 3 is 1.70 bits per heavy atom. The van der Waals surface area contributed by atoms with Crippen LogP contribution in [0.5, 0.6) is 5.75 Å². The van der Waals surface area contributed by atoms with Gasteiger partial charge in [0.15, 0.2) is 0 Å². The van der Waals surface area contributed by atoms with Crippen molar-refractivity contribution in [3.05, 3.63) is 192 Å². The Balaban J connectivity index is 1.24. The van der Waals surface area contributed by atoms with Gasteiger partial charge in [0, 0.05) is 22.7 Å². The van der Waals surface area contributed by atoms with Crippen molar-refractivity contribution in [2.45, 2.75) is 78.1 Å². The lowest BCUT2D eigenvalue weighted by molar-refractivity contribution is 0.296. The first-order valence-electron chi connectivity index (χ1n) is 22.7. The highest BCUT2D eigenvalue weighted by atomic mass is 16.3. The van der Waals surface area contributed by atoms with Gasteiger partial charge >= 0.3 is 0 Å². The number of phenols is 1. The molecule has 0 radical (unpaired) electrons. The first-order chi connectivity index (χ1) is 30.8. The number of hydrogen-bond acceptors (Lipinski definition) is 3. The highest BCUT2D eigenvalue weighted by Crippen LogP contribution is 2.55. The van der Waals surface area contributed by atoms with Crippen molar-refractivity contribution in [1.29, 1.82) is 0 Å². The van der Waals surface area contributed by atoms with Crippen LogP contribution in [-0.2, 0) is 10.8 Å². The highest BCUT2D eigenvalue weighted by Gasteiger charge is 2.47. The fourth-order valence-electron chi connectivity index (χ4n) is 10.1. The van der Waals surface area contributed by atoms with Crippen molar-refractivity contribution >= 4 is 10.8 Å². The summed E-state index contributed by atoms with van der Waals surface area (Å²) < 4.78 is 2.34. The number of fused-ring (bicyclic) bond motifs is 4. The summed E-state index contributed by atoms with van der Waals surface area (Å²) in [5.74, 6) is 1.65. The van der Waals surface area contributed by atoms with E-state index >= 15 is 0 Å². The van der Waals surface area contributed by atoms with Crippen molar-refractivity contribution in [2.75, 3.05) is 0 Å². The second kappa shape index (κ2) is 15.6. The molecule has 0 amide bonds. The van der Waals surface area contributed by atoms with Crippen LogP contribution in [0.3, 0.4) is 0 Å². The van der Waals surface area contributed by atoms with Crippen LogP contribution in [0.25, 0.3) is 83.9 Å². The van der Waals surface area contributed by atoms with Crippen molar-refractivity contribution in [3.8, 4) is 78.9 Å². The monoisotopic (exact) mass is 833 g/mol. The van der Waals surface area contributed by atoms with E-state index in [0.717, 1.165) is 61.5 Å². The summed E-state index contributed by atoms with van der Waals surface area (Å²) in [5, 5.41) is 13.7. The molecule has 0 saturated heterocycles. The molecule has 1 N–H and O–H groups in total. The highest BCUT2D eigenvalue weighted by molar-refractivity contribution is 6.02. The number of rotatable bonds is 8. The minimum atomic E-state index is -0.248. The van der Waals surface area contributed by atoms with E-state index < -0.39 is 0 Å². The molecule has 0 aliphatic heterocycles. The second-order valence-electron chi connectivity index (χ2n) is 19.2. The normalized spacial score (nSPS) is 13.9. The Bertz CT molecular complexity index is 3140. The number of pyridine rings is 1. The number of aromatic nitrogens is 3. The summed E-state index contributed by atoms with van der Waals surface area (Å²) in [4.78, 5) is 11.1. The van der Waals surface area contributed by atoms with E-state index in [9.17, 15) is 5.11 Å². The Morgan fingerprint density at radius 1 is 0.484 bits per heavy atom. The number of benzene rings is 7. The van der Waals surface area contributed by atoms with Crippen molar-refractivity contribution in [1.82, 2.24) is 14.5 Å². The second-order valence-corrected chi connectivity index (χ2v) is 19.2. The minimum absolute atomic E-state index is 0.240. The van der Waals surface area contributed by atoms with Crippen LogP contribution in [0.15, 0.2) is 170 Å². The molecular weight excluding hydrogens is 779 g/mol. The summed E-state index contributed by atoms with van der Waals surface area (Å²) in [6.45, 7) is 18.2. The van der Waals surface area contributed by atoms with Gasteiger partial charge in [0.2, 0.25) is 0 Å². The van der Waals surface area contributed by atoms with Crippen LogP contribution in [0, 0.1) is 0 Å². The smallest absolute Gasteiger partial charge is 0.145 e. The predicted octanol–water partition coefficient (Wildman–Crippen LogP) is 15.9. The van der Waals surface area contributed by atoms with Gasteiger partial charge in [0.05, 0.1) is 17.1 Å². The lowest BCUT2D eigenvalue weighted by Crippen LogP contribution is -2.43. The lowest BCUT2D eigenvalue weighted by Gasteiger charge is -2.47. The molecule has 64 heavy (non-hydrogen) atoms. The van der Waals surface area contributed by atoms with E-state index in [4.69, 9.17) is 9.97 Å². The molecule has 4 nitrogen and oxygen atoms in total. The Labute approximate surface area is 378 Å². The van der Waals surface area contributed by atoms with E-state index in [0.29, 0.717) is 0 Å². The topological polar surface area (TPSA) is 50.9 Å². The zero-order valence-electron chi connectivity index (χ0n) is 38.1. The quantitative estimate of drug-likeness (QED) is 0.166. The Hall–Kier alpha value is -7.04. The Morgan fingerprint density at radius 2 is 1.06 bits per heavy atom. The fraction of sp³-hybridized carbons (Fsp3) is 0.200. The Kier molecular flexibility index (Phi) is 10.0. The van der Waals surface area contributed by atoms with Gasteiger partial charge in [-0.25, -0.2) is 9.97 Å². The first kappa shape index (κ1) is 41.0. The molecule has 2 aromatic heterocycles. The molecular formula is C60H55N3O. The summed E-state index contributed by atoms with van der Waals surface area (Å²) in [5.41, 5.74) is 16.7. The average molecular weight is 834 g/mol. The maximum absolute atomic E-state index is 11.5. The van der Waals surface area contributed by atoms with Crippen molar-refractivity contribution in [3.63, 3.8) is 0 Å². The third kappa shape index (κ3) is 6.58. The predicted molar refractivity (Wildman–Crippen MR) is 267 cm³/mol. The third-order valence-corrected chi connectivity index (χ3v) is 14.3. The number of para-hydroxylation sites is 1. The molecule has 2 heterocycles. The van der Waals surface area contributed by atoms with Gasteiger partial charge < -0.3 is 5.11 Å². The van der Waals surface area contributed by atoms with Crippen LogP contribution in [-0.4, -0.2) is 19.6 Å². The molecule has 0 saturated carbocycles. The van der Waals surface area contributed by atoms with Crippen LogP contribution in [0.4, 0.5) is 0 Å². The van der Waals surface area contributed by atoms with E-state index in [1.807, 2.05) is 6.07 Å². The van der Waals surface area contributed by atoms with Gasteiger partial charge in [-0.2, -0.15) is 0 Å². The molecule has 0 fully saturated rings. The maximum atomic E-state index is 11.5. The van der Waals surface area contributed by atoms with Crippen LogP contribution >= 0.6 is 0 Å². The third-order valence-electron chi connectivity index (χ3n) is 14.3. The molecule has 1 aliphatic rings. The van der Waals surface area contributed by atoms with Crippen LogP contribution < -0.4 is 0 Å². The molecule has 9 aromatic rings. The number of hydrogen-bond donors (Lipinski definition) is 1. The van der Waals surface area contributed by atoms with Gasteiger partial charge in [0.25, 0.3) is 0 Å². The van der Waals surface area contributed by atoms with E-state index in [1.165, 1.54) is 44.6 Å². The van der Waals surface area contributed by atoms with Crippen LogP contribution in [0.1, 0.15) is 89.5 Å². The van der Waals surface area contributed by atoms with Gasteiger partial charge in [-0.3, -0.25) is 4.57 Å². The van der Waals surface area contributed by atoms with Gasteiger partial charge in [-0.15, -0.1) is 0 Å². The molecule has 316 valence electrons. The maximum Gasteiger partial charge on any atom is 0.145 e. The molecule has 0 spiro atoms. The van der Waals surface area contributed by atoms with Gasteiger partial charge in [-0.05, 0) is 102 Å². The summed E-state index contributed by atoms with van der Waals surface area (Å²) in [6.07, 6.45) is 2.20. The fourth-order valence-corrected chi connectivity index (χ4v) is 10.1. The van der Waals surface area contributed by atoms with Crippen molar-refractivity contribution < 1.29 is 5.11 Å². The van der Waals surface area contributed by atoms with Crippen molar-refractivity contribution in [2.24, 2.45) is 0 Å². The van der Waals surface area contributed by atoms with Gasteiger partial charge in [-0.1, -0.05) is 201 Å². The SMILES string of the molecule is CC(C)c1cccc(C(C)C)c1-n1cc(-c2ccc3c(n2)-c2c(O)cccc2C(C)(C)C3(C)C)nc1-c1cccc2ccc(-c3c(-c4ccccc4)cccc3-c3ccccc3)cc12. The molecule has 4 heteroatoms. The number of phenolic OH excluding ortho intramolecular Hbond substituents is 1. The molecule has 7 aromatic carbocycles. The standard InChI is InChI=1S/C60H55N3O/c1-37(2)43-24-16-25-44(38(3)4)57(43)63-36-52(51-34-33-50-56(61-51)55-49(29-18-30-53(55)64)59(5,6)60(50,7)8)62-58(63)47-28-15-23-41-31-32-42(35-48(41)47)54-45(39-19-11-9-12-20-39)26-17-27-46(54)40-21-13-10-14-22-40/h9-38,64H,1-8H3. The molecule has 0 bridgehead atoms.